The Labute approximate surface area is 123 Å². The van der Waals surface area contributed by atoms with Crippen molar-refractivity contribution in [2.45, 2.75) is 44.9 Å². The quantitative estimate of drug-likeness (QED) is 0.549. The summed E-state index contributed by atoms with van der Waals surface area (Å²) in [5.41, 5.74) is 0.350. The Morgan fingerprint density at radius 2 is 1.89 bits per heavy atom. The van der Waals surface area contributed by atoms with Gasteiger partial charge in [-0.05, 0) is 24.0 Å². The van der Waals surface area contributed by atoms with E-state index in [1.54, 1.807) is 7.11 Å². The molecule has 3 nitrogen and oxygen atoms in total. The van der Waals surface area contributed by atoms with Crippen LogP contribution in [0.25, 0.3) is 0 Å². The molecule has 0 spiro atoms. The molecule has 1 fully saturated rings. The fourth-order valence-corrected chi connectivity index (χ4v) is 3.43. The van der Waals surface area contributed by atoms with Crippen molar-refractivity contribution in [3.8, 4) is 6.07 Å². The zero-order valence-corrected chi connectivity index (χ0v) is 13.1. The highest BCUT2D eigenvalue weighted by Gasteiger charge is 2.31. The first-order valence-corrected chi connectivity index (χ1v) is 8.09. The largest absolute Gasteiger partial charge is 0.383 e. The van der Waals surface area contributed by atoms with Crippen molar-refractivity contribution in [3.63, 3.8) is 0 Å². The average molecular weight is 284 g/mol. The zero-order valence-electron chi connectivity index (χ0n) is 12.2. The predicted octanol–water partition coefficient (Wildman–Crippen LogP) is 3.12. The van der Waals surface area contributed by atoms with E-state index in [9.17, 15) is 0 Å². The number of methoxy groups -OCH3 is 1. The smallest absolute Gasteiger partial charge is 0.0635 e. The first-order valence-electron chi connectivity index (χ1n) is 7.45. The second kappa shape index (κ2) is 9.63. The van der Waals surface area contributed by atoms with E-state index in [2.05, 4.69) is 23.6 Å². The maximum absolute atomic E-state index is 8.79. The van der Waals surface area contributed by atoms with Gasteiger partial charge in [0.15, 0.2) is 0 Å². The first kappa shape index (κ1) is 16.8. The van der Waals surface area contributed by atoms with Gasteiger partial charge in [0.05, 0.1) is 12.7 Å². The van der Waals surface area contributed by atoms with Crippen molar-refractivity contribution in [3.05, 3.63) is 0 Å². The first-order chi connectivity index (χ1) is 9.26. The van der Waals surface area contributed by atoms with Crippen molar-refractivity contribution in [2.24, 2.45) is 5.41 Å². The number of ether oxygens (including phenoxy) is 1. The van der Waals surface area contributed by atoms with Crippen molar-refractivity contribution in [1.82, 2.24) is 4.90 Å². The topological polar surface area (TPSA) is 36.3 Å². The van der Waals surface area contributed by atoms with E-state index in [0.717, 1.165) is 32.0 Å². The number of hydrogen-bond acceptors (Lipinski definition) is 4. The maximum atomic E-state index is 8.79. The molecule has 1 saturated carbocycles. The van der Waals surface area contributed by atoms with E-state index in [-0.39, 0.29) is 0 Å². The molecule has 110 valence electrons. The van der Waals surface area contributed by atoms with Crippen LogP contribution in [0.15, 0.2) is 0 Å². The van der Waals surface area contributed by atoms with Gasteiger partial charge in [-0.1, -0.05) is 25.7 Å². The molecule has 0 aromatic carbocycles. The second-order valence-corrected chi connectivity index (χ2v) is 6.07. The van der Waals surface area contributed by atoms with Gasteiger partial charge in [0.1, 0.15) is 0 Å². The molecule has 4 heteroatoms. The summed E-state index contributed by atoms with van der Waals surface area (Å²) in [4.78, 5) is 2.40. The van der Waals surface area contributed by atoms with Crippen LogP contribution in [0.5, 0.6) is 0 Å². The van der Waals surface area contributed by atoms with Gasteiger partial charge in [0.25, 0.3) is 0 Å². The molecule has 0 amide bonds. The fraction of sp³-hybridized carbons (Fsp3) is 0.933. The molecule has 1 aliphatic rings. The van der Waals surface area contributed by atoms with Crippen LogP contribution in [0.4, 0.5) is 0 Å². The van der Waals surface area contributed by atoms with Crippen LogP contribution in [0.1, 0.15) is 44.9 Å². The molecular formula is C15H28N2OS. The van der Waals surface area contributed by atoms with Crippen LogP contribution in [0.3, 0.4) is 0 Å². The SMILES string of the molecule is COCCN(CCC#N)CC1(CS)CCCCCC1. The summed E-state index contributed by atoms with van der Waals surface area (Å²) in [7, 11) is 1.74. The van der Waals surface area contributed by atoms with Crippen molar-refractivity contribution in [1.29, 1.82) is 5.26 Å². The second-order valence-electron chi connectivity index (χ2n) is 5.75. The number of hydrogen-bond donors (Lipinski definition) is 1. The summed E-state index contributed by atoms with van der Waals surface area (Å²) in [6.07, 6.45) is 8.57. The molecule has 0 saturated heterocycles. The Kier molecular flexibility index (Phi) is 8.52. The third-order valence-electron chi connectivity index (χ3n) is 4.21. The highest BCUT2D eigenvalue weighted by Crippen LogP contribution is 2.36. The van der Waals surface area contributed by atoms with E-state index in [0.29, 0.717) is 11.8 Å². The molecule has 0 N–H and O–H groups in total. The maximum Gasteiger partial charge on any atom is 0.0635 e. The Bertz CT molecular complexity index is 270. The van der Waals surface area contributed by atoms with Gasteiger partial charge in [-0.3, -0.25) is 4.90 Å². The minimum atomic E-state index is 0.350. The Morgan fingerprint density at radius 1 is 1.21 bits per heavy atom. The van der Waals surface area contributed by atoms with Crippen LogP contribution in [0, 0.1) is 16.7 Å². The minimum Gasteiger partial charge on any atom is -0.383 e. The van der Waals surface area contributed by atoms with E-state index < -0.39 is 0 Å². The average Bonchev–Trinajstić information content (AvgIpc) is 2.68. The summed E-state index contributed by atoms with van der Waals surface area (Å²) in [5.74, 6) is 0.961. The van der Waals surface area contributed by atoms with Crippen LogP contribution >= 0.6 is 12.6 Å². The van der Waals surface area contributed by atoms with Crippen molar-refractivity contribution in [2.75, 3.05) is 39.1 Å². The third-order valence-corrected chi connectivity index (χ3v) is 4.88. The van der Waals surface area contributed by atoms with Crippen LogP contribution in [-0.4, -0.2) is 44.0 Å². The molecule has 0 atom stereocenters. The molecule has 0 aliphatic heterocycles. The lowest BCUT2D eigenvalue weighted by Gasteiger charge is -2.37. The van der Waals surface area contributed by atoms with Crippen molar-refractivity contribution >= 4 is 12.6 Å². The lowest BCUT2D eigenvalue weighted by atomic mass is 9.81. The van der Waals surface area contributed by atoms with Gasteiger partial charge in [0.2, 0.25) is 0 Å². The molecule has 0 unspecified atom stereocenters. The van der Waals surface area contributed by atoms with Crippen molar-refractivity contribution < 1.29 is 4.74 Å². The van der Waals surface area contributed by atoms with Gasteiger partial charge in [0, 0.05) is 33.2 Å². The van der Waals surface area contributed by atoms with Gasteiger partial charge < -0.3 is 4.74 Å². The van der Waals surface area contributed by atoms with Gasteiger partial charge >= 0.3 is 0 Å². The number of rotatable bonds is 8. The molecule has 0 radical (unpaired) electrons. The van der Waals surface area contributed by atoms with Gasteiger partial charge in [-0.2, -0.15) is 17.9 Å². The summed E-state index contributed by atoms with van der Waals surface area (Å²) in [6.45, 7) is 3.60. The molecule has 19 heavy (non-hydrogen) atoms. The summed E-state index contributed by atoms with van der Waals surface area (Å²) >= 11 is 4.63. The Balaban J connectivity index is 2.58. The lowest BCUT2D eigenvalue weighted by molar-refractivity contribution is 0.108. The molecule has 1 rings (SSSR count). The molecule has 0 bridgehead atoms. The molecule has 1 aliphatic carbocycles. The van der Waals surface area contributed by atoms with E-state index in [1.807, 2.05) is 0 Å². The lowest BCUT2D eigenvalue weighted by Crippen LogP contribution is -2.41. The molecule has 0 heterocycles. The highest BCUT2D eigenvalue weighted by molar-refractivity contribution is 7.80. The highest BCUT2D eigenvalue weighted by atomic mass is 32.1. The van der Waals surface area contributed by atoms with Gasteiger partial charge in [-0.15, -0.1) is 0 Å². The third kappa shape index (κ3) is 6.16. The summed E-state index contributed by atoms with van der Waals surface area (Å²) in [5, 5.41) is 8.79. The minimum absolute atomic E-state index is 0.350. The van der Waals surface area contributed by atoms with Gasteiger partial charge in [-0.25, -0.2) is 0 Å². The monoisotopic (exact) mass is 284 g/mol. The fourth-order valence-electron chi connectivity index (χ4n) is 3.02. The number of thiol groups is 1. The Hall–Kier alpha value is -0.240. The summed E-state index contributed by atoms with van der Waals surface area (Å²) < 4.78 is 5.19. The van der Waals surface area contributed by atoms with Crippen LogP contribution < -0.4 is 0 Å². The Morgan fingerprint density at radius 3 is 2.42 bits per heavy atom. The normalized spacial score (nSPS) is 19.1. The molecule has 0 aromatic rings. The number of nitriles is 1. The van der Waals surface area contributed by atoms with E-state index in [1.165, 1.54) is 38.5 Å². The predicted molar refractivity (Wildman–Crippen MR) is 82.5 cm³/mol. The zero-order chi connectivity index (χ0) is 14.0. The molecule has 0 aromatic heterocycles. The molecular weight excluding hydrogens is 256 g/mol. The standard InChI is InChI=1S/C15H28N2OS/c1-18-12-11-17(10-6-9-16)13-15(14-19)7-4-2-3-5-8-15/h19H,2-8,10-14H2,1H3. The van der Waals surface area contributed by atoms with Crippen LogP contribution in [0.2, 0.25) is 0 Å². The van der Waals surface area contributed by atoms with E-state index >= 15 is 0 Å². The number of nitrogens with zero attached hydrogens (tertiary/aromatic N) is 2. The van der Waals surface area contributed by atoms with Crippen LogP contribution in [-0.2, 0) is 4.74 Å². The summed E-state index contributed by atoms with van der Waals surface area (Å²) in [6, 6.07) is 2.25. The van der Waals surface area contributed by atoms with E-state index in [4.69, 9.17) is 10.00 Å².